The number of aromatic nitrogens is 1. The molecule has 1 aromatic carbocycles. The van der Waals surface area contributed by atoms with Crippen LogP contribution in [-0.4, -0.2) is 28.0 Å². The summed E-state index contributed by atoms with van der Waals surface area (Å²) in [4.78, 5) is 26.4. The summed E-state index contributed by atoms with van der Waals surface area (Å²) in [5.41, 5.74) is 1.54. The molecule has 1 saturated carbocycles. The van der Waals surface area contributed by atoms with Gasteiger partial charge >= 0.3 is 5.97 Å². The molecule has 1 amide bonds. The number of carboxylic acids is 1. The molecular formula is C15H16N2O3. The Morgan fingerprint density at radius 2 is 2.10 bits per heavy atom. The van der Waals surface area contributed by atoms with Crippen LogP contribution >= 0.6 is 0 Å². The molecule has 1 aromatic heterocycles. The Balaban J connectivity index is 1.77. The van der Waals surface area contributed by atoms with E-state index in [1.54, 1.807) is 6.07 Å². The molecule has 1 aliphatic carbocycles. The van der Waals surface area contributed by atoms with Crippen molar-refractivity contribution < 1.29 is 14.7 Å². The van der Waals surface area contributed by atoms with E-state index in [4.69, 9.17) is 5.11 Å². The Morgan fingerprint density at radius 1 is 1.25 bits per heavy atom. The lowest BCUT2D eigenvalue weighted by Crippen LogP contribution is -2.40. The number of rotatable bonds is 3. The van der Waals surface area contributed by atoms with E-state index < -0.39 is 11.9 Å². The van der Waals surface area contributed by atoms with Gasteiger partial charge < -0.3 is 15.4 Å². The van der Waals surface area contributed by atoms with E-state index in [-0.39, 0.29) is 11.9 Å². The quantitative estimate of drug-likeness (QED) is 0.800. The first-order valence-corrected chi connectivity index (χ1v) is 6.76. The van der Waals surface area contributed by atoms with Gasteiger partial charge in [0.15, 0.2) is 0 Å². The average Bonchev–Trinajstić information content (AvgIpc) is 3.05. The molecule has 5 nitrogen and oxygen atoms in total. The molecule has 3 rings (SSSR count). The molecule has 1 aliphatic rings. The number of hydrogen-bond acceptors (Lipinski definition) is 2. The van der Waals surface area contributed by atoms with Crippen LogP contribution in [0, 0.1) is 5.92 Å². The fourth-order valence-corrected chi connectivity index (χ4v) is 2.87. The fourth-order valence-electron chi connectivity index (χ4n) is 2.87. The molecule has 0 spiro atoms. The molecule has 0 unspecified atom stereocenters. The van der Waals surface area contributed by atoms with Crippen LogP contribution in [0.2, 0.25) is 0 Å². The number of carbonyl (C=O) groups is 2. The van der Waals surface area contributed by atoms with Gasteiger partial charge in [-0.25, -0.2) is 0 Å². The molecule has 104 valence electrons. The van der Waals surface area contributed by atoms with E-state index in [1.807, 2.05) is 24.4 Å². The summed E-state index contributed by atoms with van der Waals surface area (Å²) < 4.78 is 0. The number of carboxylic acid groups (broad SMARTS) is 1. The minimum atomic E-state index is -0.825. The summed E-state index contributed by atoms with van der Waals surface area (Å²) in [5, 5.41) is 12.9. The Morgan fingerprint density at radius 3 is 2.90 bits per heavy atom. The third-order valence-electron chi connectivity index (χ3n) is 3.97. The number of nitrogens with one attached hydrogen (secondary N) is 2. The van der Waals surface area contributed by atoms with Crippen molar-refractivity contribution in [3.05, 3.63) is 36.0 Å². The maximum atomic E-state index is 12.2. The largest absolute Gasteiger partial charge is 0.481 e. The van der Waals surface area contributed by atoms with Gasteiger partial charge in [-0.1, -0.05) is 6.42 Å². The fraction of sp³-hybridized carbons (Fsp3) is 0.333. The Labute approximate surface area is 116 Å². The van der Waals surface area contributed by atoms with Crippen molar-refractivity contribution in [2.75, 3.05) is 0 Å². The molecule has 3 N–H and O–H groups in total. The highest BCUT2D eigenvalue weighted by atomic mass is 16.4. The van der Waals surface area contributed by atoms with Crippen molar-refractivity contribution in [3.8, 4) is 0 Å². The van der Waals surface area contributed by atoms with Gasteiger partial charge in [-0.05, 0) is 37.1 Å². The minimum absolute atomic E-state index is 0.203. The molecule has 0 aliphatic heterocycles. The lowest BCUT2D eigenvalue weighted by molar-refractivity contribution is -0.142. The van der Waals surface area contributed by atoms with E-state index in [2.05, 4.69) is 10.3 Å². The number of benzene rings is 1. The Bertz CT molecular complexity index is 662. The van der Waals surface area contributed by atoms with Gasteiger partial charge in [-0.3, -0.25) is 9.59 Å². The number of aliphatic carboxylic acids is 1. The summed E-state index contributed by atoms with van der Waals surface area (Å²) in [6, 6.07) is 7.06. The number of carbonyl (C=O) groups excluding carboxylic acids is 1. The van der Waals surface area contributed by atoms with E-state index in [9.17, 15) is 9.59 Å². The zero-order chi connectivity index (χ0) is 14.1. The summed E-state index contributed by atoms with van der Waals surface area (Å²) in [6.45, 7) is 0. The third kappa shape index (κ3) is 2.27. The summed E-state index contributed by atoms with van der Waals surface area (Å²) >= 11 is 0. The SMILES string of the molecule is O=C(N[C@H]1CCC[C@H]1C(=O)O)c1ccc2[nH]ccc2c1. The highest BCUT2D eigenvalue weighted by Gasteiger charge is 2.33. The highest BCUT2D eigenvalue weighted by molar-refractivity contribution is 5.98. The molecule has 1 heterocycles. The standard InChI is InChI=1S/C15H16N2O3/c18-14(17-13-3-1-2-11(13)15(19)20)10-4-5-12-9(8-10)6-7-16-12/h4-8,11,13,16H,1-3H2,(H,17,18)(H,19,20)/t11-,13+/m1/s1. The monoisotopic (exact) mass is 272 g/mol. The van der Waals surface area contributed by atoms with Gasteiger partial charge in [-0.15, -0.1) is 0 Å². The average molecular weight is 272 g/mol. The second-order valence-corrected chi connectivity index (χ2v) is 5.24. The number of aromatic amines is 1. The maximum absolute atomic E-state index is 12.2. The second-order valence-electron chi connectivity index (χ2n) is 5.24. The molecule has 0 bridgehead atoms. The lowest BCUT2D eigenvalue weighted by atomic mass is 10.0. The van der Waals surface area contributed by atoms with E-state index in [0.29, 0.717) is 12.0 Å². The van der Waals surface area contributed by atoms with Crippen LogP contribution in [-0.2, 0) is 4.79 Å². The zero-order valence-electron chi connectivity index (χ0n) is 10.9. The van der Waals surface area contributed by atoms with Crippen LogP contribution < -0.4 is 5.32 Å². The van der Waals surface area contributed by atoms with Crippen LogP contribution in [0.25, 0.3) is 10.9 Å². The number of fused-ring (bicyclic) bond motifs is 1. The molecule has 20 heavy (non-hydrogen) atoms. The predicted molar refractivity (Wildman–Crippen MR) is 74.5 cm³/mol. The van der Waals surface area contributed by atoms with Crippen molar-refractivity contribution in [1.82, 2.24) is 10.3 Å². The highest BCUT2D eigenvalue weighted by Crippen LogP contribution is 2.26. The molecular weight excluding hydrogens is 256 g/mol. The first kappa shape index (κ1) is 12.7. The zero-order valence-corrected chi connectivity index (χ0v) is 10.9. The van der Waals surface area contributed by atoms with Crippen molar-refractivity contribution in [2.24, 2.45) is 5.92 Å². The van der Waals surface area contributed by atoms with Crippen molar-refractivity contribution in [1.29, 1.82) is 0 Å². The van der Waals surface area contributed by atoms with Crippen LogP contribution in [0.4, 0.5) is 0 Å². The van der Waals surface area contributed by atoms with Gasteiger partial charge in [0.05, 0.1) is 5.92 Å². The lowest BCUT2D eigenvalue weighted by Gasteiger charge is -2.17. The Hall–Kier alpha value is -2.30. The molecule has 0 radical (unpaired) electrons. The smallest absolute Gasteiger partial charge is 0.308 e. The van der Waals surface area contributed by atoms with Crippen LogP contribution in [0.5, 0.6) is 0 Å². The van der Waals surface area contributed by atoms with Crippen LogP contribution in [0.1, 0.15) is 29.6 Å². The molecule has 2 aromatic rings. The summed E-state index contributed by atoms with van der Waals surface area (Å²) in [5.74, 6) is -1.49. The third-order valence-corrected chi connectivity index (χ3v) is 3.97. The molecule has 2 atom stereocenters. The predicted octanol–water partition coefficient (Wildman–Crippen LogP) is 2.15. The molecule has 1 fully saturated rings. The van der Waals surface area contributed by atoms with Gasteiger partial charge in [0, 0.05) is 28.7 Å². The number of amides is 1. The summed E-state index contributed by atoms with van der Waals surface area (Å²) in [6.07, 6.45) is 4.04. The summed E-state index contributed by atoms with van der Waals surface area (Å²) in [7, 11) is 0. The number of hydrogen-bond donors (Lipinski definition) is 3. The van der Waals surface area contributed by atoms with E-state index >= 15 is 0 Å². The second kappa shape index (κ2) is 5.00. The molecule has 0 saturated heterocycles. The number of H-pyrrole nitrogens is 1. The van der Waals surface area contributed by atoms with E-state index in [0.717, 1.165) is 23.7 Å². The minimum Gasteiger partial charge on any atom is -0.481 e. The maximum Gasteiger partial charge on any atom is 0.308 e. The van der Waals surface area contributed by atoms with Gasteiger partial charge in [0.1, 0.15) is 0 Å². The van der Waals surface area contributed by atoms with E-state index in [1.165, 1.54) is 0 Å². The van der Waals surface area contributed by atoms with Gasteiger partial charge in [0.25, 0.3) is 5.91 Å². The normalized spacial score (nSPS) is 22.0. The topological polar surface area (TPSA) is 82.2 Å². The Kier molecular flexibility index (Phi) is 3.18. The first-order chi connectivity index (χ1) is 9.65. The van der Waals surface area contributed by atoms with Gasteiger partial charge in [-0.2, -0.15) is 0 Å². The molecule has 5 heteroatoms. The van der Waals surface area contributed by atoms with Crippen LogP contribution in [0.3, 0.4) is 0 Å². The first-order valence-electron chi connectivity index (χ1n) is 6.76. The van der Waals surface area contributed by atoms with Crippen molar-refractivity contribution in [2.45, 2.75) is 25.3 Å². The van der Waals surface area contributed by atoms with Gasteiger partial charge in [0.2, 0.25) is 0 Å². The van der Waals surface area contributed by atoms with Crippen molar-refractivity contribution in [3.63, 3.8) is 0 Å². The van der Waals surface area contributed by atoms with Crippen LogP contribution in [0.15, 0.2) is 30.5 Å². The van der Waals surface area contributed by atoms with Crippen molar-refractivity contribution >= 4 is 22.8 Å².